The number of carbonyl (C=O) groups excluding carboxylic acids is 5. The van der Waals surface area contributed by atoms with Crippen LogP contribution in [0.25, 0.3) is 12.2 Å². The van der Waals surface area contributed by atoms with Gasteiger partial charge in [0.1, 0.15) is 25.6 Å². The summed E-state index contributed by atoms with van der Waals surface area (Å²) in [6, 6.07) is 25.4. The summed E-state index contributed by atoms with van der Waals surface area (Å²) in [5.74, 6) is -0.0437. The SMILES string of the molecule is C=CC.C=Cc1ccc(S(=O)(=O)OC2OC(C)CC(CC)O2)cc1.C=Cc1ccccc1.CCC(C)(C)C(=O)OCCOC.CCC(C)(C)C(=O)OCCOC.CCC(C)(C)C(=O)OCCOC.CCC(C)C(=O)Oc1ccccc1.CCOC(=O)C(C)CC.CCOC1OC(C)CC(CC)O1. The van der Waals surface area contributed by atoms with Crippen molar-refractivity contribution in [3.05, 3.63) is 122 Å². The fraction of sp³-hybridized carbons (Fsp3) is 0.637. The molecule has 0 bridgehead atoms. The van der Waals surface area contributed by atoms with Crippen LogP contribution < -0.4 is 4.74 Å². The maximum Gasteiger partial charge on any atom is 0.314 e. The maximum atomic E-state index is 12.2. The third-order valence-electron chi connectivity index (χ3n) is 15.5. The minimum absolute atomic E-state index is 0.0276. The largest absolute Gasteiger partial charge is 0.466 e. The van der Waals surface area contributed by atoms with Crippen LogP contribution in [0.15, 0.2) is 116 Å². The average Bonchev–Trinajstić information content (AvgIpc) is 0.821. The normalized spacial score (nSPS) is 17.2. The number of hydrogen-bond donors (Lipinski definition) is 0. The summed E-state index contributed by atoms with van der Waals surface area (Å²) in [6.45, 7) is 51.0. The van der Waals surface area contributed by atoms with Crippen LogP contribution >= 0.6 is 0 Å². The maximum absolute atomic E-state index is 12.2. The predicted octanol–water partition coefficient (Wildman–Crippen LogP) is 17.4. The van der Waals surface area contributed by atoms with E-state index in [9.17, 15) is 32.4 Å². The second-order valence-corrected chi connectivity index (χ2v) is 26.9. The van der Waals surface area contributed by atoms with Gasteiger partial charge in [-0.05, 0) is 169 Å². The Morgan fingerprint density at radius 1 is 0.500 bits per heavy atom. The van der Waals surface area contributed by atoms with E-state index in [1.165, 1.54) is 17.7 Å². The number of benzene rings is 3. The van der Waals surface area contributed by atoms with Crippen LogP contribution in [0.4, 0.5) is 0 Å². The highest BCUT2D eigenvalue weighted by Gasteiger charge is 2.33. The molecule has 2 saturated heterocycles. The molecule has 2 heterocycles. The van der Waals surface area contributed by atoms with E-state index in [4.69, 9.17) is 65.8 Å². The van der Waals surface area contributed by atoms with Crippen molar-refractivity contribution < 1.29 is 98.2 Å². The number of allylic oxidation sites excluding steroid dienone is 1. The van der Waals surface area contributed by atoms with Crippen molar-refractivity contribution in [1.82, 2.24) is 0 Å². The Bertz CT molecular complexity index is 2660. The first-order valence-electron chi connectivity index (χ1n) is 35.7. The Hall–Kier alpha value is -6.18. The molecule has 22 heteroatoms. The molecular weight excluding hydrogens is 1330 g/mol. The van der Waals surface area contributed by atoms with Gasteiger partial charge in [-0.25, -0.2) is 4.18 Å². The second-order valence-electron chi connectivity index (χ2n) is 25.3. The second kappa shape index (κ2) is 61.2. The summed E-state index contributed by atoms with van der Waals surface area (Å²) >= 11 is 0. The van der Waals surface area contributed by atoms with Crippen molar-refractivity contribution in [1.29, 1.82) is 0 Å². The van der Waals surface area contributed by atoms with Crippen molar-refractivity contribution in [2.75, 3.05) is 74.2 Å². The van der Waals surface area contributed by atoms with Crippen LogP contribution in [0.5, 0.6) is 5.75 Å². The Morgan fingerprint density at radius 3 is 1.18 bits per heavy atom. The van der Waals surface area contributed by atoms with Crippen molar-refractivity contribution in [2.24, 2.45) is 28.1 Å². The van der Waals surface area contributed by atoms with Crippen LogP contribution in [0.3, 0.4) is 0 Å². The van der Waals surface area contributed by atoms with Gasteiger partial charge in [-0.3, -0.25) is 24.0 Å². The molecule has 0 radical (unpaired) electrons. The number of methoxy groups -OCH3 is 3. The Morgan fingerprint density at radius 2 is 0.853 bits per heavy atom. The van der Waals surface area contributed by atoms with Gasteiger partial charge in [0.2, 0.25) is 0 Å². The first-order valence-corrected chi connectivity index (χ1v) is 37.1. The molecule has 8 atom stereocenters. The van der Waals surface area contributed by atoms with Gasteiger partial charge in [0, 0.05) is 27.9 Å². The fourth-order valence-electron chi connectivity index (χ4n) is 7.02. The molecule has 0 aromatic heterocycles. The van der Waals surface area contributed by atoms with Gasteiger partial charge in [0.25, 0.3) is 13.0 Å². The monoisotopic (exact) mass is 1460 g/mol. The van der Waals surface area contributed by atoms with E-state index in [1.54, 1.807) is 57.7 Å². The van der Waals surface area contributed by atoms with E-state index < -0.39 is 23.1 Å². The molecule has 586 valence electrons. The molecule has 0 spiro atoms. The zero-order valence-corrected chi connectivity index (χ0v) is 67.4. The zero-order valence-electron chi connectivity index (χ0n) is 66.6. The fourth-order valence-corrected chi connectivity index (χ4v) is 7.90. The first-order chi connectivity index (χ1) is 48.1. The van der Waals surface area contributed by atoms with Crippen LogP contribution in [0.1, 0.15) is 207 Å². The van der Waals surface area contributed by atoms with Crippen LogP contribution in [0.2, 0.25) is 0 Å². The molecule has 2 aliphatic heterocycles. The van der Waals surface area contributed by atoms with E-state index in [0.29, 0.717) is 64.7 Å². The quantitative estimate of drug-likeness (QED) is 0.0150. The van der Waals surface area contributed by atoms with Crippen LogP contribution in [-0.4, -0.2) is 150 Å². The standard InChI is InChI=1S/C15H20O5S.C11H14O2.4C9H18O3.C8H8.C7H14O2.C3H6/c1-4-12-6-8-14(9-7-12)21(16,17)20-15-18-11(3)10-13(5-2)19-15;1-3-9(2)11(12)13-10-7-5-4-6-8-10;1-4-8-6-7(3)11-9(12-8)10-5-2;3*1-5-9(2,3)8(10)12-7-6-11-4;1-2-8-6-4-3-5-7-8;1-4-6(3)7(8)9-5-2;1-3-2/h4,6-9,11,13,15H,1,5,10H2,2-3H3;4-9H,3H2,1-2H3;7-9H,4-6H2,1-3H3;3*5-7H2,1-4H3;2-7H,1H2;6H,4-5H2,1-3H3;3H,1H2,2H3. The van der Waals surface area contributed by atoms with Gasteiger partial charge >= 0.3 is 40.0 Å². The smallest absolute Gasteiger partial charge is 0.314 e. The van der Waals surface area contributed by atoms with Gasteiger partial charge in [-0.1, -0.05) is 154 Å². The van der Waals surface area contributed by atoms with Gasteiger partial charge in [0.05, 0.1) is 83.8 Å². The molecule has 0 saturated carbocycles. The lowest BCUT2D eigenvalue weighted by Crippen LogP contribution is -2.39. The summed E-state index contributed by atoms with van der Waals surface area (Å²) < 4.78 is 95.5. The lowest BCUT2D eigenvalue weighted by molar-refractivity contribution is -0.346. The number of ether oxygens (including phenoxy) is 13. The van der Waals surface area contributed by atoms with Crippen LogP contribution in [0, 0.1) is 28.1 Å². The molecule has 0 amide bonds. The number of carbonyl (C=O) groups is 5. The summed E-state index contributed by atoms with van der Waals surface area (Å²) in [5.41, 5.74) is 0.904. The molecule has 21 nitrogen and oxygen atoms in total. The minimum Gasteiger partial charge on any atom is -0.466 e. The Kier molecular flexibility index (Phi) is 61.3. The van der Waals surface area contributed by atoms with E-state index in [0.717, 1.165) is 63.4 Å². The number of esters is 5. The highest BCUT2D eigenvalue weighted by Crippen LogP contribution is 2.27. The third kappa shape index (κ3) is 50.3. The van der Waals surface area contributed by atoms with Crippen molar-refractivity contribution in [2.45, 2.75) is 239 Å². The molecule has 0 N–H and O–H groups in total. The van der Waals surface area contributed by atoms with Gasteiger partial charge < -0.3 is 61.6 Å². The molecule has 5 rings (SSSR count). The Labute approximate surface area is 615 Å². The minimum atomic E-state index is -3.92. The van der Waals surface area contributed by atoms with Gasteiger partial charge in [-0.15, -0.1) is 6.58 Å². The molecule has 2 aliphatic rings. The predicted molar refractivity (Wildman–Crippen MR) is 405 cm³/mol. The lowest BCUT2D eigenvalue weighted by atomic mass is 9.91. The molecule has 8 unspecified atom stereocenters. The highest BCUT2D eigenvalue weighted by molar-refractivity contribution is 7.86. The van der Waals surface area contributed by atoms with E-state index in [2.05, 4.69) is 33.6 Å². The van der Waals surface area contributed by atoms with E-state index >= 15 is 0 Å². The first kappa shape index (κ1) is 102. The summed E-state index contributed by atoms with van der Waals surface area (Å²) in [5, 5.41) is 0. The van der Waals surface area contributed by atoms with Crippen molar-refractivity contribution in [3.63, 3.8) is 0 Å². The van der Waals surface area contributed by atoms with Gasteiger partial charge in [0.15, 0.2) is 0 Å². The molecular formula is C80H134O21S. The lowest BCUT2D eigenvalue weighted by Gasteiger charge is -2.33. The van der Waals surface area contributed by atoms with E-state index in [-0.39, 0.29) is 81.1 Å². The molecule has 0 aliphatic carbocycles. The number of hydrogen-bond acceptors (Lipinski definition) is 21. The van der Waals surface area contributed by atoms with Crippen molar-refractivity contribution >= 4 is 52.1 Å². The molecule has 3 aromatic carbocycles. The van der Waals surface area contributed by atoms with Crippen molar-refractivity contribution in [3.8, 4) is 5.75 Å². The average molecular weight is 1460 g/mol. The number of para-hydroxylation sites is 1. The highest BCUT2D eigenvalue weighted by atomic mass is 32.2. The van der Waals surface area contributed by atoms with E-state index in [1.807, 2.05) is 179 Å². The summed E-state index contributed by atoms with van der Waals surface area (Å²) in [4.78, 5) is 56.0. The van der Waals surface area contributed by atoms with Crippen LogP contribution in [-0.2, 0) is 95.1 Å². The third-order valence-corrected chi connectivity index (χ3v) is 16.8. The molecule has 2 fully saturated rings. The topological polar surface area (TPSA) is 249 Å². The zero-order chi connectivity index (χ0) is 78.8. The summed E-state index contributed by atoms with van der Waals surface area (Å²) in [7, 11) is 0.822. The van der Waals surface area contributed by atoms with Gasteiger partial charge in [-0.2, -0.15) is 8.42 Å². The molecule has 3 aromatic rings. The molecule has 102 heavy (non-hydrogen) atoms. The Balaban J connectivity index is -0.000000543. The number of rotatable bonds is 30. The summed E-state index contributed by atoms with van der Waals surface area (Å²) in [6.07, 6.45) is 13.2.